The summed E-state index contributed by atoms with van der Waals surface area (Å²) >= 11 is 0. The number of hydrogen-bond acceptors (Lipinski definition) is 3. The molecule has 0 aliphatic rings. The lowest BCUT2D eigenvalue weighted by Crippen LogP contribution is -2.06. The van der Waals surface area contributed by atoms with E-state index in [1.165, 1.54) is 19.3 Å². The van der Waals surface area contributed by atoms with Gasteiger partial charge >= 0.3 is 6.16 Å². The van der Waals surface area contributed by atoms with Crippen LogP contribution >= 0.6 is 0 Å². The van der Waals surface area contributed by atoms with Gasteiger partial charge in [-0.3, -0.25) is 0 Å². The van der Waals surface area contributed by atoms with Gasteiger partial charge in [0.15, 0.2) is 0 Å². The first-order valence-electron chi connectivity index (χ1n) is 5.25. The van der Waals surface area contributed by atoms with E-state index in [1.807, 2.05) is 12.2 Å². The van der Waals surface area contributed by atoms with Gasteiger partial charge in [-0.15, -0.1) is 0 Å². The van der Waals surface area contributed by atoms with Crippen molar-refractivity contribution < 1.29 is 14.3 Å². The van der Waals surface area contributed by atoms with Crippen LogP contribution in [0.4, 0.5) is 4.79 Å². The summed E-state index contributed by atoms with van der Waals surface area (Å²) in [5.41, 5.74) is 0. The van der Waals surface area contributed by atoms with E-state index >= 15 is 0 Å². The van der Waals surface area contributed by atoms with Crippen molar-refractivity contribution in [3.63, 3.8) is 0 Å². The Labute approximate surface area is 86.1 Å². The van der Waals surface area contributed by atoms with Gasteiger partial charge in [-0.2, -0.15) is 0 Å². The predicted octanol–water partition coefficient (Wildman–Crippen LogP) is 3.30. The van der Waals surface area contributed by atoms with Gasteiger partial charge in [0.2, 0.25) is 0 Å². The Kier molecular flexibility index (Phi) is 9.38. The first-order valence-corrected chi connectivity index (χ1v) is 5.25. The Bertz CT molecular complexity index is 164. The highest BCUT2D eigenvalue weighted by molar-refractivity contribution is 5.59. The number of carbonyl (C=O) groups excluding carboxylic acids is 1. The fourth-order valence-corrected chi connectivity index (χ4v) is 0.974. The maximum Gasteiger partial charge on any atom is 0.508 e. The molecule has 0 saturated heterocycles. The molecule has 0 aliphatic heterocycles. The molecule has 0 aromatic rings. The lowest BCUT2D eigenvalue weighted by Gasteiger charge is -2.00. The molecule has 0 radical (unpaired) electrons. The standard InChI is InChI=1S/C11H20O3/c1-3-5-6-7-8-9-10-14-11(12)13-4-2/h8-9H,3-7,10H2,1-2H3/b9-8+. The third-order valence-corrected chi connectivity index (χ3v) is 1.70. The molecule has 0 spiro atoms. The number of carbonyl (C=O) groups is 1. The Balaban J connectivity index is 3.21. The number of ether oxygens (including phenoxy) is 2. The minimum absolute atomic E-state index is 0.310. The summed E-state index contributed by atoms with van der Waals surface area (Å²) in [6.07, 6.45) is 8.04. The summed E-state index contributed by atoms with van der Waals surface area (Å²) in [6.45, 7) is 4.60. The molecule has 0 N–H and O–H groups in total. The van der Waals surface area contributed by atoms with E-state index in [4.69, 9.17) is 4.74 Å². The fraction of sp³-hybridized carbons (Fsp3) is 0.727. The zero-order valence-corrected chi connectivity index (χ0v) is 9.12. The second kappa shape index (κ2) is 10.1. The molecule has 0 saturated carbocycles. The number of allylic oxidation sites excluding steroid dienone is 1. The zero-order valence-electron chi connectivity index (χ0n) is 9.12. The van der Waals surface area contributed by atoms with Crippen LogP contribution in [0.5, 0.6) is 0 Å². The molecule has 3 nitrogen and oxygen atoms in total. The Hall–Kier alpha value is -0.990. The third kappa shape index (κ3) is 9.10. The van der Waals surface area contributed by atoms with E-state index in [0.29, 0.717) is 13.2 Å². The van der Waals surface area contributed by atoms with E-state index in [-0.39, 0.29) is 0 Å². The van der Waals surface area contributed by atoms with Gasteiger partial charge in [0.25, 0.3) is 0 Å². The molecule has 0 aromatic heterocycles. The average molecular weight is 200 g/mol. The van der Waals surface area contributed by atoms with Gasteiger partial charge in [0.05, 0.1) is 6.61 Å². The molecule has 0 atom stereocenters. The Morgan fingerprint density at radius 2 is 1.93 bits per heavy atom. The van der Waals surface area contributed by atoms with Gasteiger partial charge in [0, 0.05) is 0 Å². The lowest BCUT2D eigenvalue weighted by molar-refractivity contribution is 0.0673. The number of hydrogen-bond donors (Lipinski definition) is 0. The second-order valence-electron chi connectivity index (χ2n) is 2.96. The van der Waals surface area contributed by atoms with E-state index < -0.39 is 6.16 Å². The van der Waals surface area contributed by atoms with Crippen LogP contribution in [0, 0.1) is 0 Å². The van der Waals surface area contributed by atoms with Crippen LogP contribution < -0.4 is 0 Å². The molecule has 0 fully saturated rings. The van der Waals surface area contributed by atoms with Gasteiger partial charge in [0.1, 0.15) is 6.61 Å². The minimum Gasteiger partial charge on any atom is -0.435 e. The van der Waals surface area contributed by atoms with Crippen molar-refractivity contribution in [3.05, 3.63) is 12.2 Å². The quantitative estimate of drug-likeness (QED) is 0.359. The Morgan fingerprint density at radius 3 is 2.57 bits per heavy atom. The van der Waals surface area contributed by atoms with Gasteiger partial charge < -0.3 is 9.47 Å². The van der Waals surface area contributed by atoms with Gasteiger partial charge in [-0.05, 0) is 19.8 Å². The van der Waals surface area contributed by atoms with Crippen molar-refractivity contribution in [1.29, 1.82) is 0 Å². The molecule has 0 aromatic carbocycles. The summed E-state index contributed by atoms with van der Waals surface area (Å²) in [5.74, 6) is 0. The van der Waals surface area contributed by atoms with Gasteiger partial charge in [-0.25, -0.2) is 4.79 Å². The van der Waals surface area contributed by atoms with Crippen molar-refractivity contribution in [3.8, 4) is 0 Å². The summed E-state index contributed by atoms with van der Waals surface area (Å²) in [7, 11) is 0. The van der Waals surface area contributed by atoms with Crippen molar-refractivity contribution in [2.24, 2.45) is 0 Å². The van der Waals surface area contributed by atoms with Crippen LogP contribution in [0.25, 0.3) is 0 Å². The van der Waals surface area contributed by atoms with Crippen molar-refractivity contribution in [1.82, 2.24) is 0 Å². The van der Waals surface area contributed by atoms with Crippen LogP contribution in [0.3, 0.4) is 0 Å². The molecular weight excluding hydrogens is 180 g/mol. The normalized spacial score (nSPS) is 10.4. The maximum atomic E-state index is 10.7. The number of rotatable bonds is 7. The van der Waals surface area contributed by atoms with E-state index in [9.17, 15) is 4.79 Å². The topological polar surface area (TPSA) is 35.5 Å². The maximum absolute atomic E-state index is 10.7. The van der Waals surface area contributed by atoms with Crippen LogP contribution in [0.1, 0.15) is 39.5 Å². The highest BCUT2D eigenvalue weighted by atomic mass is 16.7. The first kappa shape index (κ1) is 13.0. The van der Waals surface area contributed by atoms with E-state index in [2.05, 4.69) is 11.7 Å². The van der Waals surface area contributed by atoms with Crippen LogP contribution in [-0.2, 0) is 9.47 Å². The molecule has 0 rings (SSSR count). The molecule has 3 heteroatoms. The summed E-state index contributed by atoms with van der Waals surface area (Å²) < 4.78 is 9.33. The zero-order chi connectivity index (χ0) is 10.6. The van der Waals surface area contributed by atoms with Crippen LogP contribution in [-0.4, -0.2) is 19.4 Å². The van der Waals surface area contributed by atoms with E-state index in [1.54, 1.807) is 6.92 Å². The second-order valence-corrected chi connectivity index (χ2v) is 2.96. The van der Waals surface area contributed by atoms with Gasteiger partial charge in [-0.1, -0.05) is 31.9 Å². The highest BCUT2D eigenvalue weighted by Gasteiger charge is 1.97. The molecule has 0 aliphatic carbocycles. The smallest absolute Gasteiger partial charge is 0.435 e. The first-order chi connectivity index (χ1) is 6.81. The largest absolute Gasteiger partial charge is 0.508 e. The molecular formula is C11H20O3. The lowest BCUT2D eigenvalue weighted by atomic mass is 10.2. The number of unbranched alkanes of at least 4 members (excludes halogenated alkanes) is 3. The summed E-state index contributed by atoms with van der Waals surface area (Å²) in [4.78, 5) is 10.7. The van der Waals surface area contributed by atoms with Crippen molar-refractivity contribution >= 4 is 6.16 Å². The highest BCUT2D eigenvalue weighted by Crippen LogP contribution is 1.99. The average Bonchev–Trinajstić information content (AvgIpc) is 2.17. The van der Waals surface area contributed by atoms with Crippen LogP contribution in [0.15, 0.2) is 12.2 Å². The Morgan fingerprint density at radius 1 is 1.14 bits per heavy atom. The fourth-order valence-electron chi connectivity index (χ4n) is 0.974. The predicted molar refractivity (Wildman–Crippen MR) is 56.3 cm³/mol. The third-order valence-electron chi connectivity index (χ3n) is 1.70. The van der Waals surface area contributed by atoms with Crippen molar-refractivity contribution in [2.45, 2.75) is 39.5 Å². The summed E-state index contributed by atoms with van der Waals surface area (Å²) in [6, 6.07) is 0. The van der Waals surface area contributed by atoms with Crippen molar-refractivity contribution in [2.75, 3.05) is 13.2 Å². The molecule has 14 heavy (non-hydrogen) atoms. The summed E-state index contributed by atoms with van der Waals surface area (Å²) in [5, 5.41) is 0. The van der Waals surface area contributed by atoms with Crippen LogP contribution in [0.2, 0.25) is 0 Å². The molecule has 0 amide bonds. The SMILES string of the molecule is CCCCC/C=C/COC(=O)OCC. The molecule has 0 bridgehead atoms. The monoisotopic (exact) mass is 200 g/mol. The molecule has 82 valence electrons. The minimum atomic E-state index is -0.592. The molecule has 0 heterocycles. The van der Waals surface area contributed by atoms with E-state index in [0.717, 1.165) is 6.42 Å². The molecule has 0 unspecified atom stereocenters.